The molecule has 0 spiro atoms. The monoisotopic (exact) mass is 303 g/mol. The van der Waals surface area contributed by atoms with Gasteiger partial charge in [-0.1, -0.05) is 13.3 Å². The highest BCUT2D eigenvalue weighted by Gasteiger charge is 2.21. The van der Waals surface area contributed by atoms with Crippen molar-refractivity contribution in [1.82, 2.24) is 9.97 Å². The summed E-state index contributed by atoms with van der Waals surface area (Å²) in [5.74, 6) is 1.70. The predicted molar refractivity (Wildman–Crippen MR) is 70.0 cm³/mol. The molecule has 1 saturated heterocycles. The van der Waals surface area contributed by atoms with Crippen LogP contribution in [0.3, 0.4) is 0 Å². The highest BCUT2D eigenvalue weighted by molar-refractivity contribution is 9.10. The van der Waals surface area contributed by atoms with Crippen molar-refractivity contribution in [3.63, 3.8) is 0 Å². The summed E-state index contributed by atoms with van der Waals surface area (Å²) in [5.41, 5.74) is 0. The second kappa shape index (κ2) is 5.32. The Morgan fingerprint density at radius 3 is 3.19 bits per heavy atom. The zero-order valence-corrected chi connectivity index (χ0v) is 11.6. The van der Waals surface area contributed by atoms with Crippen LogP contribution in [-0.2, 0) is 0 Å². The Balaban J connectivity index is 2.19. The van der Waals surface area contributed by atoms with E-state index in [0.29, 0.717) is 5.28 Å². The van der Waals surface area contributed by atoms with Gasteiger partial charge in [-0.25, -0.2) is 4.98 Å². The van der Waals surface area contributed by atoms with Crippen molar-refractivity contribution in [2.75, 3.05) is 18.0 Å². The van der Waals surface area contributed by atoms with Crippen molar-refractivity contribution in [1.29, 1.82) is 0 Å². The van der Waals surface area contributed by atoms with E-state index in [-0.39, 0.29) is 0 Å². The molecule has 16 heavy (non-hydrogen) atoms. The molecule has 0 aliphatic carbocycles. The number of halogens is 2. The standard InChI is InChI=1S/C11H15BrClN3/c1-2-8-4-3-5-16(7-8)10-9(12)6-14-11(13)15-10/h6,8H,2-5,7H2,1H3. The number of hydrogen-bond acceptors (Lipinski definition) is 3. The largest absolute Gasteiger partial charge is 0.355 e. The predicted octanol–water partition coefficient (Wildman–Crippen LogP) is 3.52. The Hall–Kier alpha value is -0.350. The van der Waals surface area contributed by atoms with Gasteiger partial charge in [-0.15, -0.1) is 0 Å². The zero-order valence-electron chi connectivity index (χ0n) is 9.29. The van der Waals surface area contributed by atoms with Gasteiger partial charge in [-0.3, -0.25) is 0 Å². The fourth-order valence-electron chi connectivity index (χ4n) is 2.15. The first-order valence-electron chi connectivity index (χ1n) is 5.63. The first kappa shape index (κ1) is 12.1. The molecule has 1 aliphatic rings. The molecule has 1 aromatic rings. The van der Waals surface area contributed by atoms with Gasteiger partial charge < -0.3 is 4.90 Å². The van der Waals surface area contributed by atoms with Gasteiger partial charge in [0.05, 0.1) is 4.47 Å². The molecule has 0 bridgehead atoms. The number of aromatic nitrogens is 2. The molecule has 2 rings (SSSR count). The van der Waals surface area contributed by atoms with Crippen molar-refractivity contribution in [2.24, 2.45) is 5.92 Å². The van der Waals surface area contributed by atoms with Crippen molar-refractivity contribution >= 4 is 33.3 Å². The van der Waals surface area contributed by atoms with E-state index in [0.717, 1.165) is 29.3 Å². The summed E-state index contributed by atoms with van der Waals surface area (Å²) < 4.78 is 0.925. The van der Waals surface area contributed by atoms with Crippen LogP contribution >= 0.6 is 27.5 Å². The fourth-order valence-corrected chi connectivity index (χ4v) is 2.72. The smallest absolute Gasteiger partial charge is 0.224 e. The van der Waals surface area contributed by atoms with Crippen LogP contribution in [-0.4, -0.2) is 23.1 Å². The van der Waals surface area contributed by atoms with Crippen molar-refractivity contribution < 1.29 is 0 Å². The molecule has 2 heterocycles. The first-order valence-corrected chi connectivity index (χ1v) is 6.80. The fraction of sp³-hybridized carbons (Fsp3) is 0.636. The maximum absolute atomic E-state index is 5.84. The third-order valence-corrected chi connectivity index (χ3v) is 3.83. The summed E-state index contributed by atoms with van der Waals surface area (Å²) in [6, 6.07) is 0. The molecule has 1 fully saturated rings. The lowest BCUT2D eigenvalue weighted by Crippen LogP contribution is -2.36. The summed E-state index contributed by atoms with van der Waals surface area (Å²) in [7, 11) is 0. The Labute approximate surface area is 109 Å². The van der Waals surface area contributed by atoms with Crippen LogP contribution in [0, 0.1) is 5.92 Å². The van der Waals surface area contributed by atoms with E-state index in [2.05, 4.69) is 37.7 Å². The van der Waals surface area contributed by atoms with E-state index in [4.69, 9.17) is 11.6 Å². The Kier molecular flexibility index (Phi) is 4.03. The van der Waals surface area contributed by atoms with E-state index in [1.165, 1.54) is 19.3 Å². The molecule has 5 heteroatoms. The molecule has 1 aliphatic heterocycles. The van der Waals surface area contributed by atoms with Crippen LogP contribution in [0.25, 0.3) is 0 Å². The second-order valence-electron chi connectivity index (χ2n) is 4.17. The summed E-state index contributed by atoms with van der Waals surface area (Å²) in [6.07, 6.45) is 5.50. The highest BCUT2D eigenvalue weighted by atomic mass is 79.9. The van der Waals surface area contributed by atoms with E-state index in [1.807, 2.05) is 0 Å². The molecule has 0 amide bonds. The molecule has 1 aromatic heterocycles. The molecule has 0 radical (unpaired) electrons. The van der Waals surface area contributed by atoms with Crippen molar-refractivity contribution in [2.45, 2.75) is 26.2 Å². The van der Waals surface area contributed by atoms with Crippen LogP contribution < -0.4 is 4.90 Å². The lowest BCUT2D eigenvalue weighted by molar-refractivity contribution is 0.402. The second-order valence-corrected chi connectivity index (χ2v) is 5.37. The van der Waals surface area contributed by atoms with E-state index < -0.39 is 0 Å². The summed E-state index contributed by atoms with van der Waals surface area (Å²) in [4.78, 5) is 10.6. The van der Waals surface area contributed by atoms with Crippen LogP contribution in [0.4, 0.5) is 5.82 Å². The maximum Gasteiger partial charge on any atom is 0.224 e. The van der Waals surface area contributed by atoms with Gasteiger partial charge in [0.1, 0.15) is 5.82 Å². The van der Waals surface area contributed by atoms with Gasteiger partial charge in [0, 0.05) is 19.3 Å². The SMILES string of the molecule is CCC1CCCN(c2nc(Cl)ncc2Br)C1. The van der Waals surface area contributed by atoms with Crippen molar-refractivity contribution in [3.8, 4) is 0 Å². The van der Waals surface area contributed by atoms with E-state index >= 15 is 0 Å². The average Bonchev–Trinajstić information content (AvgIpc) is 2.32. The molecule has 1 unspecified atom stereocenters. The number of hydrogen-bond donors (Lipinski definition) is 0. The summed E-state index contributed by atoms with van der Waals surface area (Å²) in [5, 5.41) is 0.317. The molecular weight excluding hydrogens is 289 g/mol. The Morgan fingerprint density at radius 2 is 2.44 bits per heavy atom. The van der Waals surface area contributed by atoms with E-state index in [9.17, 15) is 0 Å². The van der Waals surface area contributed by atoms with Crippen LogP contribution in [0.15, 0.2) is 10.7 Å². The lowest BCUT2D eigenvalue weighted by Gasteiger charge is -2.33. The molecule has 0 aromatic carbocycles. The van der Waals surface area contributed by atoms with Crippen LogP contribution in [0.1, 0.15) is 26.2 Å². The Morgan fingerprint density at radius 1 is 1.62 bits per heavy atom. The number of piperidine rings is 1. The van der Waals surface area contributed by atoms with Gasteiger partial charge >= 0.3 is 0 Å². The van der Waals surface area contributed by atoms with Gasteiger partial charge in [0.15, 0.2) is 0 Å². The normalized spacial score (nSPS) is 21.2. The third kappa shape index (κ3) is 2.66. The number of nitrogens with zero attached hydrogens (tertiary/aromatic N) is 3. The minimum atomic E-state index is 0.317. The lowest BCUT2D eigenvalue weighted by atomic mass is 9.96. The highest BCUT2D eigenvalue weighted by Crippen LogP contribution is 2.29. The zero-order chi connectivity index (χ0) is 11.5. The minimum absolute atomic E-state index is 0.317. The number of anilines is 1. The van der Waals surface area contributed by atoms with Gasteiger partial charge in [0.25, 0.3) is 0 Å². The van der Waals surface area contributed by atoms with Crippen LogP contribution in [0.5, 0.6) is 0 Å². The summed E-state index contributed by atoms with van der Waals surface area (Å²) >= 11 is 9.32. The molecule has 88 valence electrons. The van der Waals surface area contributed by atoms with Gasteiger partial charge in [0.2, 0.25) is 5.28 Å². The van der Waals surface area contributed by atoms with Gasteiger partial charge in [-0.2, -0.15) is 4.98 Å². The molecule has 0 N–H and O–H groups in total. The molecular formula is C11H15BrClN3. The first-order chi connectivity index (χ1) is 7.70. The van der Waals surface area contributed by atoms with Crippen LogP contribution in [0.2, 0.25) is 5.28 Å². The minimum Gasteiger partial charge on any atom is -0.355 e. The molecule has 3 nitrogen and oxygen atoms in total. The van der Waals surface area contributed by atoms with Crippen molar-refractivity contribution in [3.05, 3.63) is 16.0 Å². The third-order valence-electron chi connectivity index (χ3n) is 3.09. The quantitative estimate of drug-likeness (QED) is 0.783. The topological polar surface area (TPSA) is 29.0 Å². The number of rotatable bonds is 2. The maximum atomic E-state index is 5.84. The van der Waals surface area contributed by atoms with E-state index in [1.54, 1.807) is 6.20 Å². The molecule has 0 saturated carbocycles. The summed E-state index contributed by atoms with van der Waals surface area (Å²) in [6.45, 7) is 4.38. The molecule has 1 atom stereocenters. The Bertz CT molecular complexity index is 372. The van der Waals surface area contributed by atoms with Gasteiger partial charge in [-0.05, 0) is 46.3 Å². The average molecular weight is 305 g/mol.